The van der Waals surface area contributed by atoms with Crippen LogP contribution in [-0.4, -0.2) is 21.6 Å². The van der Waals surface area contributed by atoms with Crippen LogP contribution in [0, 0.1) is 6.92 Å². The number of ketones is 1. The Labute approximate surface area is 130 Å². The number of phenolic OH excluding ortho intramolecular Hbond substituents is 1. The number of thioether (sulfide) groups is 1. The molecule has 0 atom stereocenters. The topological polar surface area (TPSA) is 50.2 Å². The molecule has 106 valence electrons. The van der Waals surface area contributed by atoms with E-state index < -0.39 is 0 Å². The molecule has 3 nitrogen and oxygen atoms in total. The van der Waals surface area contributed by atoms with Crippen LogP contribution < -0.4 is 0 Å². The Morgan fingerprint density at radius 3 is 2.86 bits per heavy atom. The van der Waals surface area contributed by atoms with Gasteiger partial charge in [-0.15, -0.1) is 11.3 Å². The minimum atomic E-state index is -0.0863. The van der Waals surface area contributed by atoms with Crippen LogP contribution in [0.1, 0.15) is 15.9 Å². The maximum atomic E-state index is 12.2. The first-order chi connectivity index (χ1) is 10.1. The molecule has 0 aliphatic carbocycles. The molecule has 1 heterocycles. The molecule has 0 amide bonds. The third-order valence-electron chi connectivity index (χ3n) is 3.05. The van der Waals surface area contributed by atoms with E-state index in [9.17, 15) is 9.90 Å². The number of para-hydroxylation sites is 1. The molecule has 0 fully saturated rings. The summed E-state index contributed by atoms with van der Waals surface area (Å²) in [7, 11) is 0. The third kappa shape index (κ3) is 3.09. The summed E-state index contributed by atoms with van der Waals surface area (Å²) < 4.78 is 1.99. The Hall–Kier alpha value is -1.85. The average Bonchev–Trinajstić information content (AvgIpc) is 2.87. The van der Waals surface area contributed by atoms with E-state index in [1.54, 1.807) is 23.5 Å². The molecule has 5 heteroatoms. The molecule has 0 aliphatic rings. The highest BCUT2D eigenvalue weighted by atomic mass is 32.2. The van der Waals surface area contributed by atoms with E-state index in [4.69, 9.17) is 0 Å². The van der Waals surface area contributed by atoms with E-state index in [2.05, 4.69) is 4.98 Å². The lowest BCUT2D eigenvalue weighted by atomic mass is 10.1. The highest BCUT2D eigenvalue weighted by Crippen LogP contribution is 2.30. The Balaban J connectivity index is 1.73. The molecule has 0 saturated carbocycles. The van der Waals surface area contributed by atoms with Crippen molar-refractivity contribution in [2.75, 3.05) is 5.75 Å². The van der Waals surface area contributed by atoms with Crippen molar-refractivity contribution in [1.82, 2.24) is 4.98 Å². The third-order valence-corrected chi connectivity index (χ3v) is 5.23. The zero-order valence-electron chi connectivity index (χ0n) is 11.4. The number of hydrogen-bond acceptors (Lipinski definition) is 5. The second kappa shape index (κ2) is 5.87. The first-order valence-electron chi connectivity index (χ1n) is 6.44. The van der Waals surface area contributed by atoms with Gasteiger partial charge in [0.05, 0.1) is 21.5 Å². The van der Waals surface area contributed by atoms with E-state index in [0.29, 0.717) is 5.56 Å². The number of nitrogens with zero attached hydrogens (tertiary/aromatic N) is 1. The predicted molar refractivity (Wildman–Crippen MR) is 87.5 cm³/mol. The second-order valence-electron chi connectivity index (χ2n) is 4.68. The first kappa shape index (κ1) is 14.1. The van der Waals surface area contributed by atoms with Gasteiger partial charge in [0.2, 0.25) is 0 Å². The van der Waals surface area contributed by atoms with Crippen molar-refractivity contribution < 1.29 is 9.90 Å². The lowest BCUT2D eigenvalue weighted by molar-refractivity contribution is 0.102. The maximum absolute atomic E-state index is 12.2. The van der Waals surface area contributed by atoms with Gasteiger partial charge in [-0.25, -0.2) is 4.98 Å². The summed E-state index contributed by atoms with van der Waals surface area (Å²) in [5, 5.41) is 9.83. The summed E-state index contributed by atoms with van der Waals surface area (Å²) >= 11 is 2.99. The van der Waals surface area contributed by atoms with Crippen molar-refractivity contribution in [3.63, 3.8) is 0 Å². The number of aromatic hydroxyl groups is 1. The number of thiazole rings is 1. The van der Waals surface area contributed by atoms with Crippen molar-refractivity contribution in [2.24, 2.45) is 0 Å². The fourth-order valence-electron chi connectivity index (χ4n) is 2.00. The van der Waals surface area contributed by atoms with Gasteiger partial charge < -0.3 is 5.11 Å². The SMILES string of the molecule is Cc1ccc(C(=O)CSc2nc3ccccc3s2)c(O)c1. The van der Waals surface area contributed by atoms with Crippen LogP contribution in [0.3, 0.4) is 0 Å². The number of benzene rings is 2. The predicted octanol–water partition coefficient (Wildman–Crippen LogP) is 4.29. The van der Waals surface area contributed by atoms with E-state index in [1.807, 2.05) is 37.3 Å². The second-order valence-corrected chi connectivity index (χ2v) is 6.93. The van der Waals surface area contributed by atoms with E-state index in [0.717, 1.165) is 20.1 Å². The zero-order valence-corrected chi connectivity index (χ0v) is 13.0. The van der Waals surface area contributed by atoms with E-state index in [1.165, 1.54) is 11.8 Å². The van der Waals surface area contributed by atoms with Crippen LogP contribution >= 0.6 is 23.1 Å². The van der Waals surface area contributed by atoms with Crippen molar-refractivity contribution in [3.05, 3.63) is 53.6 Å². The summed E-state index contributed by atoms with van der Waals surface area (Å²) in [6.45, 7) is 1.88. The van der Waals surface area contributed by atoms with Gasteiger partial charge in [0.15, 0.2) is 10.1 Å². The Morgan fingerprint density at radius 1 is 1.29 bits per heavy atom. The van der Waals surface area contributed by atoms with Crippen molar-refractivity contribution in [1.29, 1.82) is 0 Å². The van der Waals surface area contributed by atoms with Crippen molar-refractivity contribution in [3.8, 4) is 5.75 Å². The summed E-state index contributed by atoms with van der Waals surface area (Å²) in [5.41, 5.74) is 2.26. The van der Waals surface area contributed by atoms with Gasteiger partial charge in [-0.05, 0) is 36.8 Å². The van der Waals surface area contributed by atoms with Crippen LogP contribution in [0.2, 0.25) is 0 Å². The zero-order chi connectivity index (χ0) is 14.8. The summed E-state index contributed by atoms with van der Waals surface area (Å²) in [4.78, 5) is 16.6. The molecule has 0 spiro atoms. The Bertz CT molecular complexity index is 778. The highest BCUT2D eigenvalue weighted by Gasteiger charge is 2.13. The number of phenols is 1. The molecule has 21 heavy (non-hydrogen) atoms. The average molecular weight is 315 g/mol. The molecule has 0 unspecified atom stereocenters. The van der Waals surface area contributed by atoms with Gasteiger partial charge in [0.1, 0.15) is 5.75 Å². The number of fused-ring (bicyclic) bond motifs is 1. The van der Waals surface area contributed by atoms with Gasteiger partial charge in [-0.2, -0.15) is 0 Å². The van der Waals surface area contributed by atoms with Crippen molar-refractivity contribution >= 4 is 39.1 Å². The number of aromatic nitrogens is 1. The van der Waals surface area contributed by atoms with Crippen LogP contribution in [0.4, 0.5) is 0 Å². The van der Waals surface area contributed by atoms with Gasteiger partial charge in [0.25, 0.3) is 0 Å². The molecule has 0 bridgehead atoms. The van der Waals surface area contributed by atoms with Gasteiger partial charge >= 0.3 is 0 Å². The maximum Gasteiger partial charge on any atom is 0.176 e. The Kier molecular flexibility index (Phi) is 3.94. The van der Waals surface area contributed by atoms with Gasteiger partial charge in [0, 0.05) is 0 Å². The molecule has 2 aromatic carbocycles. The molecule has 3 aromatic rings. The highest BCUT2D eigenvalue weighted by molar-refractivity contribution is 8.01. The number of rotatable bonds is 4. The summed E-state index contributed by atoms with van der Waals surface area (Å²) in [5.74, 6) is 0.234. The first-order valence-corrected chi connectivity index (χ1v) is 8.25. The number of Topliss-reactive ketones (excluding diaryl/α,β-unsaturated/α-hetero) is 1. The number of carbonyl (C=O) groups is 1. The largest absolute Gasteiger partial charge is 0.507 e. The number of hydrogen-bond donors (Lipinski definition) is 1. The van der Waals surface area contributed by atoms with Gasteiger partial charge in [-0.1, -0.05) is 30.0 Å². The van der Waals surface area contributed by atoms with Crippen molar-refractivity contribution in [2.45, 2.75) is 11.3 Å². The fourth-order valence-corrected chi connectivity index (χ4v) is 3.95. The monoisotopic (exact) mass is 315 g/mol. The normalized spacial score (nSPS) is 10.9. The molecule has 0 aliphatic heterocycles. The lowest BCUT2D eigenvalue weighted by Gasteiger charge is -2.03. The molecule has 0 radical (unpaired) electrons. The molecule has 1 N–H and O–H groups in total. The van der Waals surface area contributed by atoms with Crippen LogP contribution in [-0.2, 0) is 0 Å². The summed E-state index contributed by atoms with van der Waals surface area (Å²) in [6.07, 6.45) is 0. The van der Waals surface area contributed by atoms with E-state index >= 15 is 0 Å². The van der Waals surface area contributed by atoms with Gasteiger partial charge in [-0.3, -0.25) is 4.79 Å². The number of aryl methyl sites for hydroxylation is 1. The molecule has 1 aromatic heterocycles. The van der Waals surface area contributed by atoms with E-state index in [-0.39, 0.29) is 17.3 Å². The van der Waals surface area contributed by atoms with Crippen LogP contribution in [0.15, 0.2) is 46.8 Å². The van der Waals surface area contributed by atoms with Crippen LogP contribution in [0.25, 0.3) is 10.2 Å². The molecular weight excluding hydrogens is 302 g/mol. The fraction of sp³-hybridized carbons (Fsp3) is 0.125. The number of carbonyl (C=O) groups excluding carboxylic acids is 1. The quantitative estimate of drug-likeness (QED) is 0.576. The summed E-state index contributed by atoms with van der Waals surface area (Å²) in [6, 6.07) is 13.0. The minimum Gasteiger partial charge on any atom is -0.507 e. The van der Waals surface area contributed by atoms with Crippen LogP contribution in [0.5, 0.6) is 5.75 Å². The molecule has 0 saturated heterocycles. The minimum absolute atomic E-state index is 0.0462. The molecule has 3 rings (SSSR count). The molecular formula is C16H13NO2S2. The lowest BCUT2D eigenvalue weighted by Crippen LogP contribution is -2.02. The Morgan fingerprint density at radius 2 is 2.10 bits per heavy atom. The standard InChI is InChI=1S/C16H13NO2S2/c1-10-6-7-11(13(18)8-10)14(19)9-20-16-17-12-4-2-3-5-15(12)21-16/h2-8,18H,9H2,1H3. The smallest absolute Gasteiger partial charge is 0.176 e.